The summed E-state index contributed by atoms with van der Waals surface area (Å²) in [5, 5.41) is 20.9. The number of nitro benzene ring substituents is 1. The van der Waals surface area contributed by atoms with E-state index in [1.54, 1.807) is 30.5 Å². The molecule has 0 atom stereocenters. The molecule has 0 unspecified atom stereocenters. The van der Waals surface area contributed by atoms with Crippen LogP contribution in [0.5, 0.6) is 0 Å². The van der Waals surface area contributed by atoms with E-state index in [9.17, 15) is 10.1 Å². The minimum Gasteiger partial charge on any atom is -0.362 e. The maximum absolute atomic E-state index is 11.5. The molecule has 106 valence electrons. The molecule has 0 aliphatic heterocycles. The van der Waals surface area contributed by atoms with Crippen molar-refractivity contribution in [2.45, 2.75) is 25.3 Å². The molecule has 0 N–H and O–H groups in total. The second-order valence-corrected chi connectivity index (χ2v) is 5.09. The summed E-state index contributed by atoms with van der Waals surface area (Å²) in [5.74, 6) is 0. The lowest BCUT2D eigenvalue weighted by Crippen LogP contribution is -2.27. The first kappa shape index (κ1) is 13.3. The predicted molar refractivity (Wildman–Crippen MR) is 79.0 cm³/mol. The van der Waals surface area contributed by atoms with Crippen molar-refractivity contribution in [3.05, 3.63) is 40.6 Å². The van der Waals surface area contributed by atoms with Crippen molar-refractivity contribution in [2.75, 3.05) is 11.4 Å². The van der Waals surface area contributed by atoms with Gasteiger partial charge in [-0.3, -0.25) is 15.1 Å². The molecule has 21 heavy (non-hydrogen) atoms. The Morgan fingerprint density at radius 2 is 2.24 bits per heavy atom. The third-order valence-corrected chi connectivity index (χ3v) is 3.68. The van der Waals surface area contributed by atoms with Gasteiger partial charge in [0.1, 0.15) is 5.69 Å². The molecule has 0 amide bonds. The summed E-state index contributed by atoms with van der Waals surface area (Å²) >= 11 is 0. The highest BCUT2D eigenvalue weighted by molar-refractivity contribution is 5.94. The molecule has 1 heterocycles. The number of hydrogen-bond donors (Lipinski definition) is 0. The van der Waals surface area contributed by atoms with Crippen LogP contribution in [0.1, 0.15) is 19.3 Å². The van der Waals surface area contributed by atoms with E-state index in [0.717, 1.165) is 12.8 Å². The van der Waals surface area contributed by atoms with Crippen LogP contribution in [0.2, 0.25) is 0 Å². The van der Waals surface area contributed by atoms with Gasteiger partial charge >= 0.3 is 5.69 Å². The number of fused-ring (bicyclic) bond motifs is 1. The molecule has 6 heteroatoms. The Kier molecular flexibility index (Phi) is 3.40. The third-order valence-electron chi connectivity index (χ3n) is 3.68. The van der Waals surface area contributed by atoms with Crippen LogP contribution in [0.15, 0.2) is 30.5 Å². The van der Waals surface area contributed by atoms with Crippen molar-refractivity contribution < 1.29 is 4.92 Å². The maximum Gasteiger partial charge on any atom is 0.301 e. The quantitative estimate of drug-likeness (QED) is 0.621. The molecule has 2 aromatic rings. The van der Waals surface area contributed by atoms with Crippen molar-refractivity contribution in [3.8, 4) is 6.07 Å². The summed E-state index contributed by atoms with van der Waals surface area (Å²) < 4.78 is 0. The van der Waals surface area contributed by atoms with E-state index < -0.39 is 0 Å². The Labute approximate surface area is 121 Å². The molecule has 1 saturated carbocycles. The van der Waals surface area contributed by atoms with E-state index >= 15 is 0 Å². The monoisotopic (exact) mass is 282 g/mol. The van der Waals surface area contributed by atoms with E-state index in [1.807, 2.05) is 4.90 Å². The molecular weight excluding hydrogens is 268 g/mol. The highest BCUT2D eigenvalue weighted by atomic mass is 16.6. The lowest BCUT2D eigenvalue weighted by Gasteiger charge is -2.23. The van der Waals surface area contributed by atoms with Gasteiger partial charge in [-0.15, -0.1) is 0 Å². The second kappa shape index (κ2) is 5.37. The molecule has 1 fully saturated rings. The molecule has 1 aromatic carbocycles. The largest absolute Gasteiger partial charge is 0.362 e. The summed E-state index contributed by atoms with van der Waals surface area (Å²) in [6.45, 7) is 0.522. The Morgan fingerprint density at radius 1 is 1.43 bits per heavy atom. The van der Waals surface area contributed by atoms with Crippen LogP contribution in [-0.2, 0) is 0 Å². The predicted octanol–water partition coefficient (Wildman–Crippen LogP) is 3.03. The van der Waals surface area contributed by atoms with Gasteiger partial charge in [-0.2, -0.15) is 5.26 Å². The molecule has 0 spiro atoms. The van der Waals surface area contributed by atoms with Gasteiger partial charge in [-0.25, -0.2) is 0 Å². The Bertz CT molecular complexity index is 734. The van der Waals surface area contributed by atoms with E-state index in [2.05, 4.69) is 11.1 Å². The highest BCUT2D eigenvalue weighted by Crippen LogP contribution is 2.40. The number of pyridine rings is 1. The number of aromatic nitrogens is 1. The molecule has 1 aliphatic rings. The van der Waals surface area contributed by atoms with Gasteiger partial charge in [-0.1, -0.05) is 0 Å². The number of hydrogen-bond acceptors (Lipinski definition) is 5. The van der Waals surface area contributed by atoms with Gasteiger partial charge in [-0.05, 0) is 37.1 Å². The van der Waals surface area contributed by atoms with Crippen LogP contribution < -0.4 is 4.90 Å². The molecule has 0 bridgehead atoms. The molecule has 1 aromatic heterocycles. The van der Waals surface area contributed by atoms with Gasteiger partial charge in [0.2, 0.25) is 0 Å². The number of nitro groups is 1. The molecular formula is C15H14N4O2. The number of rotatable bonds is 5. The molecule has 1 aliphatic carbocycles. The van der Waals surface area contributed by atoms with Crippen molar-refractivity contribution >= 4 is 22.3 Å². The first-order chi connectivity index (χ1) is 10.2. The smallest absolute Gasteiger partial charge is 0.301 e. The van der Waals surface area contributed by atoms with Crippen molar-refractivity contribution in [1.29, 1.82) is 5.26 Å². The zero-order chi connectivity index (χ0) is 14.8. The Morgan fingerprint density at radius 3 is 2.90 bits per heavy atom. The molecule has 0 radical (unpaired) electrons. The molecule has 6 nitrogen and oxygen atoms in total. The van der Waals surface area contributed by atoms with Gasteiger partial charge in [0.05, 0.1) is 28.3 Å². The zero-order valence-electron chi connectivity index (χ0n) is 11.4. The molecule has 0 saturated heterocycles. The second-order valence-electron chi connectivity index (χ2n) is 5.09. The first-order valence-electron chi connectivity index (χ1n) is 6.88. The van der Waals surface area contributed by atoms with Crippen LogP contribution in [0.25, 0.3) is 10.9 Å². The van der Waals surface area contributed by atoms with E-state index in [0.29, 0.717) is 35.6 Å². The number of benzene rings is 1. The third kappa shape index (κ3) is 2.50. The van der Waals surface area contributed by atoms with Crippen LogP contribution in [0, 0.1) is 21.4 Å². The number of anilines is 1. The fourth-order valence-electron chi connectivity index (χ4n) is 2.61. The van der Waals surface area contributed by atoms with Crippen molar-refractivity contribution in [3.63, 3.8) is 0 Å². The highest BCUT2D eigenvalue weighted by Gasteiger charge is 2.33. The van der Waals surface area contributed by atoms with Gasteiger partial charge in [0.25, 0.3) is 0 Å². The van der Waals surface area contributed by atoms with E-state index in [-0.39, 0.29) is 10.6 Å². The fraction of sp³-hybridized carbons (Fsp3) is 0.333. The summed E-state index contributed by atoms with van der Waals surface area (Å²) in [6.07, 6.45) is 4.03. The van der Waals surface area contributed by atoms with Crippen molar-refractivity contribution in [1.82, 2.24) is 4.98 Å². The summed E-state index contributed by atoms with van der Waals surface area (Å²) in [7, 11) is 0. The van der Waals surface area contributed by atoms with Crippen molar-refractivity contribution in [2.24, 2.45) is 0 Å². The lowest BCUT2D eigenvalue weighted by atomic mass is 10.1. The van der Waals surface area contributed by atoms with E-state index in [1.165, 1.54) is 0 Å². The topological polar surface area (TPSA) is 83.1 Å². The zero-order valence-corrected chi connectivity index (χ0v) is 11.4. The van der Waals surface area contributed by atoms with E-state index in [4.69, 9.17) is 5.26 Å². The van der Waals surface area contributed by atoms with Crippen LogP contribution in [0.3, 0.4) is 0 Å². The van der Waals surface area contributed by atoms with Crippen LogP contribution in [-0.4, -0.2) is 22.5 Å². The SMILES string of the molecule is N#CCCN(c1ccc2ncccc2c1[N+](=O)[O-])C1CC1. The van der Waals surface area contributed by atoms with Gasteiger partial charge in [0.15, 0.2) is 0 Å². The summed E-state index contributed by atoms with van der Waals surface area (Å²) in [4.78, 5) is 17.4. The maximum atomic E-state index is 11.5. The van der Waals surface area contributed by atoms with Gasteiger partial charge < -0.3 is 4.90 Å². The minimum absolute atomic E-state index is 0.0884. The minimum atomic E-state index is -0.346. The van der Waals surface area contributed by atoms with Crippen LogP contribution >= 0.6 is 0 Å². The number of nitriles is 1. The van der Waals surface area contributed by atoms with Crippen LogP contribution in [0.4, 0.5) is 11.4 Å². The fourth-order valence-corrected chi connectivity index (χ4v) is 2.61. The average molecular weight is 282 g/mol. The Hall–Kier alpha value is -2.68. The first-order valence-corrected chi connectivity index (χ1v) is 6.88. The Balaban J connectivity index is 2.14. The molecule has 3 rings (SSSR count). The lowest BCUT2D eigenvalue weighted by molar-refractivity contribution is -0.382. The number of nitrogens with zero attached hydrogens (tertiary/aromatic N) is 4. The van der Waals surface area contributed by atoms with Gasteiger partial charge in [0, 0.05) is 18.8 Å². The summed E-state index contributed by atoms with van der Waals surface area (Å²) in [5.41, 5.74) is 1.30. The summed E-state index contributed by atoms with van der Waals surface area (Å²) in [6, 6.07) is 9.41. The standard InChI is InChI=1S/C15H14N4O2/c16-8-2-10-18(11-4-5-11)14-7-6-13-12(3-1-9-17-13)15(14)19(20)21/h1,3,6-7,9,11H,2,4-5,10H2. The average Bonchev–Trinajstić information content (AvgIpc) is 3.31. The normalized spacial score (nSPS) is 13.9.